The summed E-state index contributed by atoms with van der Waals surface area (Å²) in [6.07, 6.45) is 2.13. The SMILES string of the molecule is CCOc1ccc(/C=C2\SC(=S)N(CCCC(=O)O)C2=O)c(OCC)c1C. The Morgan fingerprint density at radius 3 is 2.63 bits per heavy atom. The molecule has 1 saturated heterocycles. The van der Waals surface area contributed by atoms with Gasteiger partial charge in [0.1, 0.15) is 15.8 Å². The Balaban J connectivity index is 2.27. The molecular weight excluding hydrogens is 386 g/mol. The molecule has 1 aromatic carbocycles. The molecule has 1 amide bonds. The number of carboxylic acid groups (broad SMARTS) is 1. The van der Waals surface area contributed by atoms with E-state index in [4.69, 9.17) is 26.8 Å². The quantitative estimate of drug-likeness (QED) is 0.490. The van der Waals surface area contributed by atoms with Crippen molar-refractivity contribution < 1.29 is 24.2 Å². The van der Waals surface area contributed by atoms with E-state index in [9.17, 15) is 9.59 Å². The van der Waals surface area contributed by atoms with Crippen molar-refractivity contribution in [1.82, 2.24) is 4.90 Å². The fraction of sp³-hybridized carbons (Fsp3) is 0.421. The van der Waals surface area contributed by atoms with Crippen molar-refractivity contribution in [3.8, 4) is 11.5 Å². The molecule has 0 bridgehead atoms. The Hall–Kier alpha value is -2.06. The summed E-state index contributed by atoms with van der Waals surface area (Å²) < 4.78 is 11.8. The smallest absolute Gasteiger partial charge is 0.303 e. The lowest BCUT2D eigenvalue weighted by atomic mass is 10.1. The van der Waals surface area contributed by atoms with Crippen molar-refractivity contribution in [1.29, 1.82) is 0 Å². The lowest BCUT2D eigenvalue weighted by Gasteiger charge is -2.15. The molecule has 8 heteroatoms. The number of carbonyl (C=O) groups excluding carboxylic acids is 1. The monoisotopic (exact) mass is 409 g/mol. The number of ether oxygens (including phenoxy) is 2. The van der Waals surface area contributed by atoms with Gasteiger partial charge in [0.2, 0.25) is 0 Å². The second-order valence-electron chi connectivity index (χ2n) is 5.80. The van der Waals surface area contributed by atoms with Gasteiger partial charge in [-0.1, -0.05) is 24.0 Å². The largest absolute Gasteiger partial charge is 0.493 e. The van der Waals surface area contributed by atoms with Crippen LogP contribution in [0.4, 0.5) is 0 Å². The van der Waals surface area contributed by atoms with Crippen LogP contribution in [0.3, 0.4) is 0 Å². The van der Waals surface area contributed by atoms with E-state index in [1.165, 1.54) is 16.7 Å². The molecule has 6 nitrogen and oxygen atoms in total. The molecule has 2 rings (SSSR count). The van der Waals surface area contributed by atoms with Crippen LogP contribution in [0.5, 0.6) is 11.5 Å². The molecule has 0 atom stereocenters. The van der Waals surface area contributed by atoms with Gasteiger partial charge >= 0.3 is 5.97 Å². The molecule has 27 heavy (non-hydrogen) atoms. The summed E-state index contributed by atoms with van der Waals surface area (Å²) >= 11 is 6.50. The Kier molecular flexibility index (Phi) is 7.67. The fourth-order valence-corrected chi connectivity index (χ4v) is 3.98. The Labute approximate surface area is 168 Å². The van der Waals surface area contributed by atoms with E-state index in [1.54, 1.807) is 6.08 Å². The number of aliphatic carboxylic acids is 1. The van der Waals surface area contributed by atoms with E-state index in [-0.39, 0.29) is 12.3 Å². The predicted molar refractivity (Wildman–Crippen MR) is 110 cm³/mol. The van der Waals surface area contributed by atoms with Gasteiger partial charge < -0.3 is 14.6 Å². The predicted octanol–water partition coefficient (Wildman–Crippen LogP) is 3.86. The molecular formula is C19H23NO5S2. The molecule has 1 heterocycles. The fourth-order valence-electron chi connectivity index (χ4n) is 2.68. The Morgan fingerprint density at radius 1 is 1.30 bits per heavy atom. The maximum Gasteiger partial charge on any atom is 0.303 e. The van der Waals surface area contributed by atoms with Gasteiger partial charge in [0, 0.05) is 24.1 Å². The highest BCUT2D eigenvalue weighted by atomic mass is 32.2. The number of thioether (sulfide) groups is 1. The molecule has 1 aromatic rings. The van der Waals surface area contributed by atoms with Crippen LogP contribution in [0.25, 0.3) is 6.08 Å². The third kappa shape index (κ3) is 5.23. The van der Waals surface area contributed by atoms with E-state index in [0.717, 1.165) is 16.9 Å². The zero-order valence-corrected chi connectivity index (χ0v) is 17.2. The van der Waals surface area contributed by atoms with Gasteiger partial charge in [-0.05, 0) is 45.4 Å². The molecule has 0 aliphatic carbocycles. The number of carbonyl (C=O) groups is 2. The van der Waals surface area contributed by atoms with E-state index in [1.807, 2.05) is 32.9 Å². The normalized spacial score (nSPS) is 15.5. The summed E-state index contributed by atoms with van der Waals surface area (Å²) in [6.45, 7) is 7.09. The highest BCUT2D eigenvalue weighted by Crippen LogP contribution is 2.37. The first-order valence-electron chi connectivity index (χ1n) is 8.75. The number of amides is 1. The first kappa shape index (κ1) is 21.2. The van der Waals surface area contributed by atoms with Gasteiger partial charge in [0.25, 0.3) is 5.91 Å². The van der Waals surface area contributed by atoms with Crippen LogP contribution in [0.2, 0.25) is 0 Å². The average molecular weight is 410 g/mol. The molecule has 1 fully saturated rings. The number of hydrogen-bond donors (Lipinski definition) is 1. The molecule has 1 aliphatic heterocycles. The van der Waals surface area contributed by atoms with Gasteiger partial charge in [-0.25, -0.2) is 0 Å². The highest BCUT2D eigenvalue weighted by molar-refractivity contribution is 8.26. The number of carboxylic acids is 1. The first-order valence-corrected chi connectivity index (χ1v) is 9.97. The number of benzene rings is 1. The van der Waals surface area contributed by atoms with Crippen LogP contribution >= 0.6 is 24.0 Å². The second-order valence-corrected chi connectivity index (χ2v) is 7.48. The summed E-state index contributed by atoms with van der Waals surface area (Å²) in [5.74, 6) is 0.338. The third-order valence-corrected chi connectivity index (χ3v) is 5.29. The average Bonchev–Trinajstić information content (AvgIpc) is 2.87. The zero-order chi connectivity index (χ0) is 20.0. The molecule has 0 saturated carbocycles. The van der Waals surface area contributed by atoms with Crippen LogP contribution in [-0.4, -0.2) is 46.0 Å². The topological polar surface area (TPSA) is 76.1 Å². The minimum Gasteiger partial charge on any atom is -0.493 e. The molecule has 146 valence electrons. The molecule has 0 unspecified atom stereocenters. The summed E-state index contributed by atoms with van der Waals surface area (Å²) in [5, 5.41) is 8.76. The lowest BCUT2D eigenvalue weighted by Crippen LogP contribution is -2.29. The second kappa shape index (κ2) is 9.75. The van der Waals surface area contributed by atoms with Crippen LogP contribution in [-0.2, 0) is 9.59 Å². The maximum atomic E-state index is 12.7. The summed E-state index contributed by atoms with van der Waals surface area (Å²) in [5.41, 5.74) is 1.66. The number of nitrogens with zero attached hydrogens (tertiary/aromatic N) is 1. The van der Waals surface area contributed by atoms with Crippen molar-refractivity contribution in [2.45, 2.75) is 33.6 Å². The molecule has 0 radical (unpaired) electrons. The Bertz CT molecular complexity index is 776. The summed E-state index contributed by atoms with van der Waals surface area (Å²) in [4.78, 5) is 25.3. The maximum absolute atomic E-state index is 12.7. The van der Waals surface area contributed by atoms with Gasteiger partial charge in [-0.3, -0.25) is 14.5 Å². The lowest BCUT2D eigenvalue weighted by molar-refractivity contribution is -0.137. The van der Waals surface area contributed by atoms with Crippen LogP contribution < -0.4 is 9.47 Å². The zero-order valence-electron chi connectivity index (χ0n) is 15.6. The third-order valence-electron chi connectivity index (χ3n) is 3.91. The van der Waals surface area contributed by atoms with E-state index in [0.29, 0.717) is 41.2 Å². The number of hydrogen-bond acceptors (Lipinski definition) is 6. The van der Waals surface area contributed by atoms with Crippen molar-refractivity contribution in [3.05, 3.63) is 28.2 Å². The van der Waals surface area contributed by atoms with Crippen molar-refractivity contribution in [2.24, 2.45) is 0 Å². The Morgan fingerprint density at radius 2 is 2.00 bits per heavy atom. The van der Waals surface area contributed by atoms with E-state index < -0.39 is 5.97 Å². The molecule has 0 spiro atoms. The van der Waals surface area contributed by atoms with E-state index >= 15 is 0 Å². The van der Waals surface area contributed by atoms with Crippen molar-refractivity contribution in [2.75, 3.05) is 19.8 Å². The molecule has 1 N–H and O–H groups in total. The van der Waals surface area contributed by atoms with Crippen LogP contribution in [0, 0.1) is 6.92 Å². The minimum atomic E-state index is -0.887. The van der Waals surface area contributed by atoms with Gasteiger partial charge in [-0.2, -0.15) is 0 Å². The first-order chi connectivity index (χ1) is 12.9. The molecule has 1 aliphatic rings. The van der Waals surface area contributed by atoms with Gasteiger partial charge in [0.05, 0.1) is 18.1 Å². The number of rotatable bonds is 9. The van der Waals surface area contributed by atoms with Gasteiger partial charge in [0.15, 0.2) is 0 Å². The van der Waals surface area contributed by atoms with Crippen LogP contribution in [0.1, 0.15) is 37.8 Å². The van der Waals surface area contributed by atoms with Crippen molar-refractivity contribution >= 4 is 46.3 Å². The highest BCUT2D eigenvalue weighted by Gasteiger charge is 2.32. The van der Waals surface area contributed by atoms with E-state index in [2.05, 4.69) is 0 Å². The number of thiocarbonyl (C=S) groups is 1. The molecule has 0 aromatic heterocycles. The van der Waals surface area contributed by atoms with Crippen molar-refractivity contribution in [3.63, 3.8) is 0 Å². The summed E-state index contributed by atoms with van der Waals surface area (Å²) in [6, 6.07) is 3.72. The summed E-state index contributed by atoms with van der Waals surface area (Å²) in [7, 11) is 0. The van der Waals surface area contributed by atoms with Gasteiger partial charge in [-0.15, -0.1) is 0 Å². The van der Waals surface area contributed by atoms with Crippen LogP contribution in [0.15, 0.2) is 17.0 Å². The standard InChI is InChI=1S/C19H23NO5S2/c1-4-24-14-9-8-13(17(12(14)3)25-5-2)11-15-18(23)20(19(26)27-15)10-6-7-16(21)22/h8-9,11H,4-7,10H2,1-3H3,(H,21,22)/b15-11-. The minimum absolute atomic E-state index is 0.00266.